The molecule has 3 aromatic rings. The monoisotopic (exact) mass is 402 g/mol. The largest absolute Gasteiger partial charge is 0.495 e. The second-order valence-electron chi connectivity index (χ2n) is 5.90. The van der Waals surface area contributed by atoms with Crippen molar-refractivity contribution >= 4 is 19.7 Å². The molecule has 5 nitrogen and oxygen atoms in total. The van der Waals surface area contributed by atoms with Crippen molar-refractivity contribution in [1.82, 2.24) is 0 Å². The van der Waals surface area contributed by atoms with Crippen LogP contribution in [0.2, 0.25) is 0 Å². The van der Waals surface area contributed by atoms with Crippen molar-refractivity contribution in [1.29, 1.82) is 0 Å². The van der Waals surface area contributed by atoms with Crippen LogP contribution >= 0.6 is 0 Å². The van der Waals surface area contributed by atoms with E-state index < -0.39 is 19.7 Å². The molecule has 0 saturated carbocycles. The van der Waals surface area contributed by atoms with Crippen molar-refractivity contribution in [2.24, 2.45) is 0 Å². The van der Waals surface area contributed by atoms with E-state index in [4.69, 9.17) is 4.74 Å². The first-order chi connectivity index (χ1) is 12.8. The van der Waals surface area contributed by atoms with Gasteiger partial charge in [0.15, 0.2) is 0 Å². The van der Waals surface area contributed by atoms with Gasteiger partial charge in [-0.25, -0.2) is 16.8 Å². The fourth-order valence-corrected chi connectivity index (χ4v) is 5.80. The third-order valence-corrected chi connectivity index (χ3v) is 7.85. The van der Waals surface area contributed by atoms with E-state index in [1.807, 2.05) is 0 Å². The van der Waals surface area contributed by atoms with Gasteiger partial charge in [-0.15, -0.1) is 0 Å². The molecule has 0 spiro atoms. The predicted octanol–water partition coefficient (Wildman–Crippen LogP) is 3.67. The standard InChI is InChI=1S/C20H18O5S2/c1-15-13-18(25-2)20(27(23,24)17-11-7-4-8-12-17)14-19(15)26(21,22)16-9-5-3-6-10-16/h3-14H,1-2H3. The van der Waals surface area contributed by atoms with Gasteiger partial charge in [0.05, 0.1) is 21.8 Å². The smallest absolute Gasteiger partial charge is 0.210 e. The van der Waals surface area contributed by atoms with Crippen LogP contribution in [0.25, 0.3) is 0 Å². The minimum absolute atomic E-state index is 0.0650. The lowest BCUT2D eigenvalue weighted by molar-refractivity contribution is 0.401. The Hall–Kier alpha value is -2.64. The summed E-state index contributed by atoms with van der Waals surface area (Å²) in [5, 5.41) is 0. The highest BCUT2D eigenvalue weighted by Crippen LogP contribution is 2.35. The Morgan fingerprint density at radius 3 is 1.56 bits per heavy atom. The highest BCUT2D eigenvalue weighted by atomic mass is 32.2. The number of benzene rings is 3. The molecule has 0 aliphatic rings. The van der Waals surface area contributed by atoms with Crippen LogP contribution in [0.3, 0.4) is 0 Å². The summed E-state index contributed by atoms with van der Waals surface area (Å²) >= 11 is 0. The molecular weight excluding hydrogens is 384 g/mol. The maximum atomic E-state index is 13.1. The second kappa shape index (κ2) is 7.17. The Labute approximate surface area is 159 Å². The topological polar surface area (TPSA) is 77.5 Å². The van der Waals surface area contributed by atoms with Gasteiger partial charge in [-0.1, -0.05) is 36.4 Å². The van der Waals surface area contributed by atoms with Crippen molar-refractivity contribution in [3.05, 3.63) is 78.4 Å². The lowest BCUT2D eigenvalue weighted by atomic mass is 10.2. The molecule has 0 atom stereocenters. The van der Waals surface area contributed by atoms with Crippen molar-refractivity contribution in [3.8, 4) is 5.75 Å². The van der Waals surface area contributed by atoms with E-state index in [0.29, 0.717) is 5.56 Å². The van der Waals surface area contributed by atoms with Gasteiger partial charge in [0, 0.05) is 0 Å². The van der Waals surface area contributed by atoms with Crippen LogP contribution in [-0.4, -0.2) is 23.9 Å². The molecule has 0 aromatic heterocycles. The Morgan fingerprint density at radius 2 is 1.11 bits per heavy atom. The maximum absolute atomic E-state index is 13.1. The maximum Gasteiger partial charge on any atom is 0.210 e. The highest BCUT2D eigenvalue weighted by molar-refractivity contribution is 7.92. The molecule has 0 aliphatic carbocycles. The van der Waals surface area contributed by atoms with Gasteiger partial charge < -0.3 is 4.74 Å². The minimum atomic E-state index is -3.95. The summed E-state index contributed by atoms with van der Waals surface area (Å²) in [5.41, 5.74) is 0.405. The van der Waals surface area contributed by atoms with Gasteiger partial charge in [0.2, 0.25) is 19.7 Å². The lowest BCUT2D eigenvalue weighted by Gasteiger charge is -2.15. The van der Waals surface area contributed by atoms with Crippen molar-refractivity contribution < 1.29 is 21.6 Å². The Balaban J connectivity index is 2.27. The van der Waals surface area contributed by atoms with E-state index in [-0.39, 0.29) is 25.3 Å². The van der Waals surface area contributed by atoms with E-state index >= 15 is 0 Å². The molecule has 27 heavy (non-hydrogen) atoms. The SMILES string of the molecule is COc1cc(C)c(S(=O)(=O)c2ccccc2)cc1S(=O)(=O)c1ccccc1. The lowest BCUT2D eigenvalue weighted by Crippen LogP contribution is -2.09. The summed E-state index contributed by atoms with van der Waals surface area (Å²) in [4.78, 5) is -0.0862. The van der Waals surface area contributed by atoms with E-state index in [1.165, 1.54) is 43.5 Å². The molecule has 0 fully saturated rings. The number of ether oxygens (including phenoxy) is 1. The number of hydrogen-bond acceptors (Lipinski definition) is 5. The molecule has 0 heterocycles. The van der Waals surface area contributed by atoms with Gasteiger partial charge in [0.1, 0.15) is 10.6 Å². The molecule has 3 aromatic carbocycles. The quantitative estimate of drug-likeness (QED) is 0.651. The first-order valence-electron chi connectivity index (χ1n) is 8.07. The molecule has 140 valence electrons. The molecular formula is C20H18O5S2. The summed E-state index contributed by atoms with van der Waals surface area (Å²) in [6.07, 6.45) is 0. The molecule has 0 aliphatic heterocycles. The molecule has 0 unspecified atom stereocenters. The number of rotatable bonds is 5. The van der Waals surface area contributed by atoms with Crippen molar-refractivity contribution in [3.63, 3.8) is 0 Å². The molecule has 3 rings (SSSR count). The molecule has 0 N–H and O–H groups in total. The van der Waals surface area contributed by atoms with E-state index in [2.05, 4.69) is 0 Å². The van der Waals surface area contributed by atoms with Crippen LogP contribution in [-0.2, 0) is 19.7 Å². The Morgan fingerprint density at radius 1 is 0.667 bits per heavy atom. The van der Waals surface area contributed by atoms with Gasteiger partial charge in [-0.05, 0) is 48.9 Å². The summed E-state index contributed by atoms with van der Waals surface area (Å²) in [7, 11) is -6.48. The highest BCUT2D eigenvalue weighted by Gasteiger charge is 2.28. The molecule has 7 heteroatoms. The zero-order chi connectivity index (χ0) is 19.7. The fourth-order valence-electron chi connectivity index (χ4n) is 2.76. The van der Waals surface area contributed by atoms with Gasteiger partial charge in [-0.3, -0.25) is 0 Å². The normalized spacial score (nSPS) is 11.9. The van der Waals surface area contributed by atoms with E-state index in [0.717, 1.165) is 0 Å². The average molecular weight is 402 g/mol. The van der Waals surface area contributed by atoms with Crippen LogP contribution in [0.5, 0.6) is 5.75 Å². The number of aryl methyl sites for hydroxylation is 1. The molecule has 0 saturated heterocycles. The number of methoxy groups -OCH3 is 1. The third-order valence-electron chi connectivity index (χ3n) is 4.15. The van der Waals surface area contributed by atoms with E-state index in [1.54, 1.807) is 43.3 Å². The molecule has 0 bridgehead atoms. The molecule has 0 amide bonds. The number of hydrogen-bond donors (Lipinski definition) is 0. The summed E-state index contributed by atoms with van der Waals surface area (Å²) < 4.78 is 57.4. The van der Waals surface area contributed by atoms with E-state index in [9.17, 15) is 16.8 Å². The van der Waals surface area contributed by atoms with Crippen LogP contribution in [0, 0.1) is 6.92 Å². The van der Waals surface area contributed by atoms with Crippen molar-refractivity contribution in [2.75, 3.05) is 7.11 Å². The van der Waals surface area contributed by atoms with Gasteiger partial charge in [-0.2, -0.15) is 0 Å². The Bertz CT molecular complexity index is 1170. The first kappa shape index (κ1) is 19.1. The third kappa shape index (κ3) is 3.48. The van der Waals surface area contributed by atoms with Crippen molar-refractivity contribution in [2.45, 2.75) is 26.5 Å². The van der Waals surface area contributed by atoms with Crippen LogP contribution in [0.4, 0.5) is 0 Å². The average Bonchev–Trinajstić information content (AvgIpc) is 2.68. The Kier molecular flexibility index (Phi) is 5.08. The predicted molar refractivity (Wildman–Crippen MR) is 102 cm³/mol. The van der Waals surface area contributed by atoms with Crippen LogP contribution in [0.1, 0.15) is 5.56 Å². The van der Waals surface area contributed by atoms with Crippen LogP contribution in [0.15, 0.2) is 92.4 Å². The zero-order valence-electron chi connectivity index (χ0n) is 14.8. The van der Waals surface area contributed by atoms with Gasteiger partial charge in [0.25, 0.3) is 0 Å². The van der Waals surface area contributed by atoms with Crippen LogP contribution < -0.4 is 4.74 Å². The summed E-state index contributed by atoms with van der Waals surface area (Å²) in [6, 6.07) is 18.4. The summed E-state index contributed by atoms with van der Waals surface area (Å²) in [6.45, 7) is 1.61. The fraction of sp³-hybridized carbons (Fsp3) is 0.100. The molecule has 0 radical (unpaired) electrons. The minimum Gasteiger partial charge on any atom is -0.495 e. The number of sulfone groups is 2. The first-order valence-corrected chi connectivity index (χ1v) is 11.0. The second-order valence-corrected chi connectivity index (χ2v) is 9.74. The summed E-state index contributed by atoms with van der Waals surface area (Å²) in [5.74, 6) is 0.100. The zero-order valence-corrected chi connectivity index (χ0v) is 16.4. The van der Waals surface area contributed by atoms with Gasteiger partial charge >= 0.3 is 0 Å².